The number of aliphatic hydroxyl groups excluding tert-OH is 1. The van der Waals surface area contributed by atoms with E-state index in [1.807, 2.05) is 41.5 Å². The predicted octanol–water partition coefficient (Wildman–Crippen LogP) is 3.53. The Morgan fingerprint density at radius 3 is 1.86 bits per heavy atom. The summed E-state index contributed by atoms with van der Waals surface area (Å²) >= 11 is 0. The smallest absolute Gasteiger partial charge is 0.262 e. The highest BCUT2D eigenvalue weighted by Crippen LogP contribution is 2.30. The first-order valence-corrected chi connectivity index (χ1v) is 11.1. The van der Waals surface area contributed by atoms with Crippen LogP contribution in [0.25, 0.3) is 0 Å². The zero-order chi connectivity index (χ0) is 21.9. The van der Waals surface area contributed by atoms with E-state index < -0.39 is 10.0 Å². The Kier molecular flexibility index (Phi) is 7.08. The fourth-order valence-electron chi connectivity index (χ4n) is 3.31. The molecule has 1 atom stereocenters. The number of hydrogen-bond acceptors (Lipinski definition) is 4. The van der Waals surface area contributed by atoms with Crippen LogP contribution < -0.4 is 10.0 Å². The molecule has 0 saturated carbocycles. The van der Waals surface area contributed by atoms with Gasteiger partial charge in [-0.1, -0.05) is 6.92 Å². The maximum absolute atomic E-state index is 13.1. The van der Waals surface area contributed by atoms with Gasteiger partial charge < -0.3 is 10.4 Å². The minimum absolute atomic E-state index is 0.131. The normalized spacial score (nSPS) is 12.5. The van der Waals surface area contributed by atoms with Crippen molar-refractivity contribution in [1.29, 1.82) is 0 Å². The Balaban J connectivity index is 2.30. The van der Waals surface area contributed by atoms with Gasteiger partial charge in [-0.2, -0.15) is 0 Å². The second kappa shape index (κ2) is 8.97. The van der Waals surface area contributed by atoms with Crippen LogP contribution in [0.2, 0.25) is 0 Å². The van der Waals surface area contributed by atoms with Crippen molar-refractivity contribution in [3.8, 4) is 0 Å². The molecule has 2 aromatic carbocycles. The molecule has 1 unspecified atom stereocenters. The van der Waals surface area contributed by atoms with Crippen LogP contribution in [0.4, 0.5) is 5.69 Å². The van der Waals surface area contributed by atoms with Gasteiger partial charge in [-0.25, -0.2) is 8.42 Å². The van der Waals surface area contributed by atoms with E-state index in [1.165, 1.54) is 0 Å². The maximum atomic E-state index is 13.1. The molecule has 3 N–H and O–H groups in total. The van der Waals surface area contributed by atoms with Crippen LogP contribution in [0.3, 0.4) is 0 Å². The quantitative estimate of drug-likeness (QED) is 0.641. The van der Waals surface area contributed by atoms with Gasteiger partial charge in [-0.3, -0.25) is 9.52 Å². The number of sulfonamides is 1. The van der Waals surface area contributed by atoms with Crippen molar-refractivity contribution in [3.05, 3.63) is 57.6 Å². The number of carbonyl (C=O) groups is 1. The van der Waals surface area contributed by atoms with E-state index in [0.717, 1.165) is 27.8 Å². The first-order chi connectivity index (χ1) is 13.5. The van der Waals surface area contributed by atoms with Crippen molar-refractivity contribution in [2.24, 2.45) is 0 Å². The number of carbonyl (C=O) groups excluding carboxylic acids is 1. The summed E-state index contributed by atoms with van der Waals surface area (Å²) in [6, 6.07) is 5.93. The summed E-state index contributed by atoms with van der Waals surface area (Å²) in [4.78, 5) is 12.5. The largest absolute Gasteiger partial charge is 0.394 e. The maximum Gasteiger partial charge on any atom is 0.262 e. The van der Waals surface area contributed by atoms with Gasteiger partial charge in [0, 0.05) is 11.3 Å². The van der Waals surface area contributed by atoms with Crippen LogP contribution >= 0.6 is 0 Å². The summed E-state index contributed by atoms with van der Waals surface area (Å²) < 4.78 is 28.8. The van der Waals surface area contributed by atoms with E-state index in [0.29, 0.717) is 22.6 Å². The van der Waals surface area contributed by atoms with Crippen LogP contribution in [0.5, 0.6) is 0 Å². The predicted molar refractivity (Wildman–Crippen MR) is 116 cm³/mol. The first kappa shape index (κ1) is 22.9. The molecule has 7 heteroatoms. The molecule has 1 amide bonds. The molecule has 0 radical (unpaired) electrons. The van der Waals surface area contributed by atoms with E-state index in [1.54, 1.807) is 24.3 Å². The van der Waals surface area contributed by atoms with Gasteiger partial charge in [0.25, 0.3) is 15.9 Å². The number of hydrogen-bond donors (Lipinski definition) is 3. The Labute approximate surface area is 173 Å². The summed E-state index contributed by atoms with van der Waals surface area (Å²) in [5, 5.41) is 11.9. The molecule has 0 aliphatic heterocycles. The Morgan fingerprint density at radius 1 is 0.931 bits per heavy atom. The number of aliphatic hydroxyl groups is 1. The minimum atomic E-state index is -3.78. The molecule has 0 bridgehead atoms. The molecule has 6 nitrogen and oxygen atoms in total. The Hall–Kier alpha value is -2.38. The second-order valence-corrected chi connectivity index (χ2v) is 9.02. The summed E-state index contributed by atoms with van der Waals surface area (Å²) in [5.41, 5.74) is 5.29. The van der Waals surface area contributed by atoms with E-state index in [2.05, 4.69) is 10.0 Å². The van der Waals surface area contributed by atoms with E-state index >= 15 is 0 Å². The Morgan fingerprint density at radius 2 is 1.41 bits per heavy atom. The van der Waals surface area contributed by atoms with Crippen molar-refractivity contribution in [2.75, 3.05) is 11.3 Å². The van der Waals surface area contributed by atoms with Gasteiger partial charge in [-0.15, -0.1) is 0 Å². The number of nitrogens with one attached hydrogen (secondary N) is 2. The lowest BCUT2D eigenvalue weighted by atomic mass is 9.95. The lowest BCUT2D eigenvalue weighted by molar-refractivity contribution is 0.0915. The minimum Gasteiger partial charge on any atom is -0.394 e. The Bertz CT molecular complexity index is 979. The summed E-state index contributed by atoms with van der Waals surface area (Å²) in [7, 11) is -3.78. The van der Waals surface area contributed by atoms with Crippen LogP contribution in [0, 0.1) is 34.6 Å². The lowest BCUT2D eigenvalue weighted by Gasteiger charge is -2.19. The third kappa shape index (κ3) is 4.79. The first-order valence-electron chi connectivity index (χ1n) is 9.65. The van der Waals surface area contributed by atoms with Gasteiger partial charge in [0.05, 0.1) is 17.5 Å². The molecule has 0 aliphatic rings. The van der Waals surface area contributed by atoms with E-state index in [4.69, 9.17) is 0 Å². The fraction of sp³-hybridized carbons (Fsp3) is 0.409. The molecular formula is C22H30N2O4S. The van der Waals surface area contributed by atoms with Crippen LogP contribution in [0.15, 0.2) is 29.2 Å². The van der Waals surface area contributed by atoms with Crippen LogP contribution in [-0.4, -0.2) is 32.1 Å². The topological polar surface area (TPSA) is 95.5 Å². The van der Waals surface area contributed by atoms with Crippen molar-refractivity contribution >= 4 is 21.6 Å². The number of amides is 1. The molecule has 0 fully saturated rings. The highest BCUT2D eigenvalue weighted by atomic mass is 32.2. The standard InChI is InChI=1S/C22H30N2O4S/c1-7-19(12-25)23-22(26)18-8-10-20(11-9-18)24-29(27,28)21-16(5)14(3)13(2)15(4)17(21)6/h8-11,19,24-25H,7,12H2,1-6H3,(H,23,26). The van der Waals surface area contributed by atoms with Gasteiger partial charge in [0.2, 0.25) is 0 Å². The molecule has 0 spiro atoms. The molecule has 0 aliphatic carbocycles. The monoisotopic (exact) mass is 418 g/mol. The van der Waals surface area contributed by atoms with Gasteiger partial charge >= 0.3 is 0 Å². The van der Waals surface area contributed by atoms with E-state index in [-0.39, 0.29) is 18.6 Å². The highest BCUT2D eigenvalue weighted by Gasteiger charge is 2.24. The molecular weight excluding hydrogens is 388 g/mol. The van der Waals surface area contributed by atoms with Crippen molar-refractivity contribution < 1.29 is 18.3 Å². The summed E-state index contributed by atoms with van der Waals surface area (Å²) in [5.74, 6) is -0.309. The van der Waals surface area contributed by atoms with Crippen LogP contribution in [-0.2, 0) is 10.0 Å². The van der Waals surface area contributed by atoms with E-state index in [9.17, 15) is 18.3 Å². The fourth-order valence-corrected chi connectivity index (χ4v) is 4.97. The SMILES string of the molecule is CCC(CO)NC(=O)c1ccc(NS(=O)(=O)c2c(C)c(C)c(C)c(C)c2C)cc1. The molecule has 0 heterocycles. The molecule has 29 heavy (non-hydrogen) atoms. The molecule has 2 aromatic rings. The van der Waals surface area contributed by atoms with Crippen molar-refractivity contribution in [2.45, 2.75) is 58.9 Å². The highest BCUT2D eigenvalue weighted by molar-refractivity contribution is 7.92. The second-order valence-electron chi connectivity index (χ2n) is 7.40. The third-order valence-corrected chi connectivity index (χ3v) is 7.30. The van der Waals surface area contributed by atoms with Gasteiger partial charge in [0.1, 0.15) is 0 Å². The van der Waals surface area contributed by atoms with Crippen molar-refractivity contribution in [3.63, 3.8) is 0 Å². The zero-order valence-corrected chi connectivity index (χ0v) is 18.7. The molecule has 0 saturated heterocycles. The summed E-state index contributed by atoms with van der Waals surface area (Å²) in [6.45, 7) is 11.2. The zero-order valence-electron chi connectivity index (χ0n) is 17.9. The average molecular weight is 419 g/mol. The number of anilines is 1. The third-order valence-electron chi connectivity index (χ3n) is 5.65. The number of benzene rings is 2. The number of rotatable bonds is 7. The van der Waals surface area contributed by atoms with Crippen molar-refractivity contribution in [1.82, 2.24) is 5.32 Å². The molecule has 2 rings (SSSR count). The van der Waals surface area contributed by atoms with Gasteiger partial charge in [0.15, 0.2) is 0 Å². The molecule has 0 aromatic heterocycles. The average Bonchev–Trinajstić information content (AvgIpc) is 2.68. The molecule has 158 valence electrons. The summed E-state index contributed by atoms with van der Waals surface area (Å²) in [6.07, 6.45) is 0.619. The van der Waals surface area contributed by atoms with Crippen LogP contribution in [0.1, 0.15) is 51.5 Å². The van der Waals surface area contributed by atoms with Gasteiger partial charge in [-0.05, 0) is 93.1 Å². The lowest BCUT2D eigenvalue weighted by Crippen LogP contribution is -2.36.